The number of nitrogens with zero attached hydrogens (tertiary/aromatic N) is 1. The van der Waals surface area contributed by atoms with Gasteiger partial charge in [-0.2, -0.15) is 0 Å². The largest absolute Gasteiger partial charge is 0.311 e. The molecule has 2 heteroatoms. The lowest BCUT2D eigenvalue weighted by Gasteiger charge is -2.21. The summed E-state index contributed by atoms with van der Waals surface area (Å²) in [6.45, 7) is 6.78. The number of nitrogens with one attached hydrogen (secondary N) is 1. The molecule has 1 aromatic rings. The zero-order chi connectivity index (χ0) is 12.3. The van der Waals surface area contributed by atoms with Crippen LogP contribution in [0.2, 0.25) is 0 Å². The van der Waals surface area contributed by atoms with Crippen molar-refractivity contribution in [2.75, 3.05) is 0 Å². The van der Waals surface area contributed by atoms with Crippen molar-refractivity contribution in [2.45, 2.75) is 58.5 Å². The second-order valence-corrected chi connectivity index (χ2v) is 5.42. The Balaban J connectivity index is 1.85. The third-order valence-corrected chi connectivity index (χ3v) is 3.75. The van der Waals surface area contributed by atoms with E-state index in [-0.39, 0.29) is 0 Å². The molecule has 2 nitrogen and oxygen atoms in total. The molecule has 0 aromatic carbocycles. The first-order valence-corrected chi connectivity index (χ1v) is 6.89. The monoisotopic (exact) mass is 232 g/mol. The van der Waals surface area contributed by atoms with Crippen LogP contribution in [-0.2, 0) is 12.8 Å². The van der Waals surface area contributed by atoms with Crippen LogP contribution in [0.5, 0.6) is 0 Å². The van der Waals surface area contributed by atoms with Gasteiger partial charge in [-0.1, -0.05) is 19.9 Å². The number of aryl methyl sites for hydroxylation is 1. The average molecular weight is 232 g/mol. The van der Waals surface area contributed by atoms with Gasteiger partial charge in [0.1, 0.15) is 0 Å². The van der Waals surface area contributed by atoms with Gasteiger partial charge in [-0.3, -0.25) is 4.98 Å². The van der Waals surface area contributed by atoms with Gasteiger partial charge >= 0.3 is 0 Å². The fourth-order valence-electron chi connectivity index (χ4n) is 2.08. The smallest absolute Gasteiger partial charge is 0.0407 e. The normalized spacial score (nSPS) is 19.0. The predicted molar refractivity (Wildman–Crippen MR) is 72.1 cm³/mol. The van der Waals surface area contributed by atoms with Gasteiger partial charge < -0.3 is 5.32 Å². The molecular formula is C15H24N2. The van der Waals surface area contributed by atoms with E-state index in [0.717, 1.165) is 18.9 Å². The fourth-order valence-corrected chi connectivity index (χ4v) is 2.08. The Kier molecular flexibility index (Phi) is 4.16. The first-order chi connectivity index (χ1) is 8.19. The maximum atomic E-state index is 4.54. The molecule has 1 aromatic heterocycles. The molecule has 2 unspecified atom stereocenters. The summed E-state index contributed by atoms with van der Waals surface area (Å²) in [4.78, 5) is 4.54. The lowest BCUT2D eigenvalue weighted by atomic mass is 9.97. The number of pyridine rings is 1. The van der Waals surface area contributed by atoms with Crippen LogP contribution in [0.15, 0.2) is 18.3 Å². The maximum absolute atomic E-state index is 4.54. The Morgan fingerprint density at radius 2 is 2.12 bits per heavy atom. The van der Waals surface area contributed by atoms with E-state index in [1.165, 1.54) is 24.1 Å². The molecule has 1 heterocycles. The molecule has 2 atom stereocenters. The summed E-state index contributed by atoms with van der Waals surface area (Å²) >= 11 is 0. The standard InChI is InChI=1S/C15H24N2/c1-4-13-5-6-15(16-10-13)9-11(2)12(3)17-14-7-8-14/h5-6,10-12,14,17H,4,7-9H2,1-3H3. The van der Waals surface area contributed by atoms with Crippen LogP contribution in [0.25, 0.3) is 0 Å². The van der Waals surface area contributed by atoms with Crippen molar-refractivity contribution < 1.29 is 0 Å². The molecule has 1 aliphatic carbocycles. The van der Waals surface area contributed by atoms with Crippen LogP contribution in [0, 0.1) is 5.92 Å². The van der Waals surface area contributed by atoms with E-state index in [9.17, 15) is 0 Å². The quantitative estimate of drug-likeness (QED) is 0.815. The van der Waals surface area contributed by atoms with Crippen LogP contribution in [0.3, 0.4) is 0 Å². The summed E-state index contributed by atoms with van der Waals surface area (Å²) in [6, 6.07) is 5.77. The second kappa shape index (κ2) is 5.63. The fraction of sp³-hybridized carbons (Fsp3) is 0.667. The topological polar surface area (TPSA) is 24.9 Å². The number of aromatic nitrogens is 1. The maximum Gasteiger partial charge on any atom is 0.0407 e. The highest BCUT2D eigenvalue weighted by molar-refractivity contribution is 5.14. The minimum Gasteiger partial charge on any atom is -0.311 e. The minimum absolute atomic E-state index is 0.593. The van der Waals surface area contributed by atoms with E-state index in [1.807, 2.05) is 6.20 Å². The molecule has 0 amide bonds. The van der Waals surface area contributed by atoms with Crippen molar-refractivity contribution in [3.05, 3.63) is 29.6 Å². The van der Waals surface area contributed by atoms with E-state index >= 15 is 0 Å². The molecule has 1 saturated carbocycles. The Morgan fingerprint density at radius 3 is 2.65 bits per heavy atom. The van der Waals surface area contributed by atoms with Crippen LogP contribution in [0.1, 0.15) is 44.9 Å². The highest BCUT2D eigenvalue weighted by Gasteiger charge is 2.25. The Hall–Kier alpha value is -0.890. The van der Waals surface area contributed by atoms with Crippen molar-refractivity contribution in [2.24, 2.45) is 5.92 Å². The molecule has 17 heavy (non-hydrogen) atoms. The van der Waals surface area contributed by atoms with Crippen molar-refractivity contribution >= 4 is 0 Å². The SMILES string of the molecule is CCc1ccc(CC(C)C(C)NC2CC2)nc1. The molecule has 0 spiro atoms. The van der Waals surface area contributed by atoms with Gasteiger partial charge in [0.2, 0.25) is 0 Å². The van der Waals surface area contributed by atoms with E-state index in [2.05, 4.69) is 43.2 Å². The van der Waals surface area contributed by atoms with Crippen LogP contribution < -0.4 is 5.32 Å². The second-order valence-electron chi connectivity index (χ2n) is 5.42. The summed E-state index contributed by atoms with van der Waals surface area (Å²) in [5.41, 5.74) is 2.55. The Bertz CT molecular complexity index is 340. The molecule has 0 radical (unpaired) electrons. The number of hydrogen-bond donors (Lipinski definition) is 1. The highest BCUT2D eigenvalue weighted by atomic mass is 15.0. The van der Waals surface area contributed by atoms with Crippen molar-refractivity contribution in [1.82, 2.24) is 10.3 Å². The molecule has 1 aliphatic rings. The third-order valence-electron chi connectivity index (χ3n) is 3.75. The summed E-state index contributed by atoms with van der Waals surface area (Å²) in [7, 11) is 0. The van der Waals surface area contributed by atoms with Gasteiger partial charge in [0.15, 0.2) is 0 Å². The first-order valence-electron chi connectivity index (χ1n) is 6.89. The van der Waals surface area contributed by atoms with Gasteiger partial charge in [0.05, 0.1) is 0 Å². The lowest BCUT2D eigenvalue weighted by Crippen LogP contribution is -2.34. The molecule has 1 fully saturated rings. The molecule has 2 rings (SSSR count). The Labute approximate surface area is 105 Å². The van der Waals surface area contributed by atoms with Gasteiger partial charge in [-0.05, 0) is 50.2 Å². The van der Waals surface area contributed by atoms with E-state index < -0.39 is 0 Å². The van der Waals surface area contributed by atoms with E-state index in [4.69, 9.17) is 0 Å². The average Bonchev–Trinajstić information content (AvgIpc) is 3.14. The molecule has 1 N–H and O–H groups in total. The molecular weight excluding hydrogens is 208 g/mol. The molecule has 94 valence electrons. The lowest BCUT2D eigenvalue weighted by molar-refractivity contribution is 0.393. The van der Waals surface area contributed by atoms with Crippen molar-refractivity contribution in [1.29, 1.82) is 0 Å². The number of rotatable bonds is 6. The first kappa shape index (κ1) is 12.6. The number of hydrogen-bond acceptors (Lipinski definition) is 2. The van der Waals surface area contributed by atoms with Gasteiger partial charge in [0, 0.05) is 24.0 Å². The summed E-state index contributed by atoms with van der Waals surface area (Å²) in [5, 5.41) is 3.67. The summed E-state index contributed by atoms with van der Waals surface area (Å²) < 4.78 is 0. The van der Waals surface area contributed by atoms with Crippen LogP contribution in [-0.4, -0.2) is 17.1 Å². The van der Waals surface area contributed by atoms with Crippen LogP contribution >= 0.6 is 0 Å². The molecule has 0 saturated heterocycles. The zero-order valence-electron chi connectivity index (χ0n) is 11.2. The van der Waals surface area contributed by atoms with Gasteiger partial charge in [-0.15, -0.1) is 0 Å². The van der Waals surface area contributed by atoms with Crippen LogP contribution in [0.4, 0.5) is 0 Å². The van der Waals surface area contributed by atoms with E-state index in [0.29, 0.717) is 12.0 Å². The zero-order valence-corrected chi connectivity index (χ0v) is 11.2. The minimum atomic E-state index is 0.593. The van der Waals surface area contributed by atoms with E-state index in [1.54, 1.807) is 0 Å². The predicted octanol–water partition coefficient (Wildman–Crippen LogP) is 2.96. The Morgan fingerprint density at radius 1 is 1.35 bits per heavy atom. The van der Waals surface area contributed by atoms with Gasteiger partial charge in [0.25, 0.3) is 0 Å². The third kappa shape index (κ3) is 3.81. The van der Waals surface area contributed by atoms with Crippen molar-refractivity contribution in [3.8, 4) is 0 Å². The van der Waals surface area contributed by atoms with Gasteiger partial charge in [-0.25, -0.2) is 0 Å². The summed E-state index contributed by atoms with van der Waals surface area (Å²) in [5.74, 6) is 0.649. The molecule has 0 bridgehead atoms. The molecule has 0 aliphatic heterocycles. The summed E-state index contributed by atoms with van der Waals surface area (Å²) in [6.07, 6.45) is 6.88. The highest BCUT2D eigenvalue weighted by Crippen LogP contribution is 2.21. The van der Waals surface area contributed by atoms with Crippen molar-refractivity contribution in [3.63, 3.8) is 0 Å².